The number of ether oxygens (including phenoxy) is 1. The second-order valence-corrected chi connectivity index (χ2v) is 3.29. The normalized spacial score (nSPS) is 28.1. The van der Waals surface area contributed by atoms with Crippen molar-refractivity contribution < 1.29 is 14.7 Å². The van der Waals surface area contributed by atoms with E-state index >= 15 is 0 Å². The molecule has 0 aromatic heterocycles. The second kappa shape index (κ2) is 4.84. The summed E-state index contributed by atoms with van der Waals surface area (Å²) in [5.41, 5.74) is 0. The molecule has 13 heavy (non-hydrogen) atoms. The quantitative estimate of drug-likeness (QED) is 0.313. The van der Waals surface area contributed by atoms with Gasteiger partial charge in [0.05, 0.1) is 12.5 Å². The van der Waals surface area contributed by atoms with E-state index in [4.69, 9.17) is 9.94 Å². The fourth-order valence-electron chi connectivity index (χ4n) is 1.72. The maximum Gasteiger partial charge on any atom is 0.308 e. The predicted molar refractivity (Wildman–Crippen MR) is 47.7 cm³/mol. The fraction of sp³-hybridized carbons (Fsp3) is 0.778. The number of hydrogen-bond acceptors (Lipinski definition) is 4. The van der Waals surface area contributed by atoms with Gasteiger partial charge in [0, 0.05) is 6.21 Å². The molecule has 1 aliphatic carbocycles. The van der Waals surface area contributed by atoms with Crippen molar-refractivity contribution in [3.05, 3.63) is 0 Å². The van der Waals surface area contributed by atoms with Crippen molar-refractivity contribution in [1.29, 1.82) is 0 Å². The van der Waals surface area contributed by atoms with Crippen LogP contribution in [0.2, 0.25) is 0 Å². The van der Waals surface area contributed by atoms with Crippen LogP contribution in [0.3, 0.4) is 0 Å². The maximum atomic E-state index is 11.3. The van der Waals surface area contributed by atoms with Gasteiger partial charge in [0.25, 0.3) is 0 Å². The van der Waals surface area contributed by atoms with Crippen LogP contribution in [0.4, 0.5) is 0 Å². The van der Waals surface area contributed by atoms with Gasteiger partial charge in [-0.2, -0.15) is 0 Å². The Morgan fingerprint density at radius 2 is 2.46 bits per heavy atom. The molecule has 2 atom stereocenters. The van der Waals surface area contributed by atoms with Crippen LogP contribution in [0.15, 0.2) is 5.16 Å². The molecular weight excluding hydrogens is 170 g/mol. The van der Waals surface area contributed by atoms with Gasteiger partial charge in [0.2, 0.25) is 0 Å². The minimum absolute atomic E-state index is 0.00273. The number of carbonyl (C=O) groups is 1. The largest absolute Gasteiger partial charge is 0.466 e. The van der Waals surface area contributed by atoms with Gasteiger partial charge in [-0.3, -0.25) is 4.79 Å². The van der Waals surface area contributed by atoms with Crippen molar-refractivity contribution in [2.75, 3.05) is 6.61 Å². The Morgan fingerprint density at radius 1 is 1.69 bits per heavy atom. The van der Waals surface area contributed by atoms with E-state index in [9.17, 15) is 4.79 Å². The van der Waals surface area contributed by atoms with E-state index in [0.717, 1.165) is 19.3 Å². The molecular formula is C9H15NO3. The molecule has 0 aromatic carbocycles. The zero-order valence-electron chi connectivity index (χ0n) is 7.77. The van der Waals surface area contributed by atoms with E-state index in [1.54, 1.807) is 6.92 Å². The summed E-state index contributed by atoms with van der Waals surface area (Å²) < 4.78 is 4.91. The van der Waals surface area contributed by atoms with Crippen LogP contribution in [0.5, 0.6) is 0 Å². The zero-order valence-corrected chi connectivity index (χ0v) is 7.77. The van der Waals surface area contributed by atoms with Crippen molar-refractivity contribution in [2.45, 2.75) is 26.2 Å². The molecule has 0 bridgehead atoms. The van der Waals surface area contributed by atoms with Gasteiger partial charge in [-0.25, -0.2) is 0 Å². The minimum atomic E-state index is -0.115. The Labute approximate surface area is 77.6 Å². The third-order valence-electron chi connectivity index (χ3n) is 2.37. The van der Waals surface area contributed by atoms with E-state index in [-0.39, 0.29) is 17.8 Å². The van der Waals surface area contributed by atoms with Crippen LogP contribution in [-0.4, -0.2) is 24.0 Å². The van der Waals surface area contributed by atoms with Gasteiger partial charge in [-0.1, -0.05) is 0 Å². The van der Waals surface area contributed by atoms with Crippen LogP contribution >= 0.6 is 0 Å². The Hall–Kier alpha value is -1.06. The smallest absolute Gasteiger partial charge is 0.308 e. The first-order chi connectivity index (χ1) is 6.27. The van der Waals surface area contributed by atoms with Gasteiger partial charge in [0.1, 0.15) is 0 Å². The molecule has 1 fully saturated rings. The van der Waals surface area contributed by atoms with Crippen LogP contribution in [-0.2, 0) is 9.53 Å². The third kappa shape index (κ3) is 2.72. The Morgan fingerprint density at radius 3 is 3.08 bits per heavy atom. The van der Waals surface area contributed by atoms with Gasteiger partial charge in [-0.15, -0.1) is 5.16 Å². The zero-order chi connectivity index (χ0) is 9.68. The standard InChI is InChI=1S/C9H15NO3/c1-2-13-9(11)8-4-3-7(5-8)6-10-12/h6-8,12H,2-5H2,1H3/b10-6-/t7-,8-/m1/s1. The van der Waals surface area contributed by atoms with Crippen molar-refractivity contribution in [3.63, 3.8) is 0 Å². The van der Waals surface area contributed by atoms with Crippen LogP contribution in [0.25, 0.3) is 0 Å². The summed E-state index contributed by atoms with van der Waals surface area (Å²) in [4.78, 5) is 11.3. The molecule has 0 radical (unpaired) electrons. The molecule has 0 spiro atoms. The average Bonchev–Trinajstić information content (AvgIpc) is 2.54. The Bertz CT molecular complexity index is 203. The fourth-order valence-corrected chi connectivity index (χ4v) is 1.72. The molecule has 0 amide bonds. The molecule has 0 heterocycles. The second-order valence-electron chi connectivity index (χ2n) is 3.29. The third-order valence-corrected chi connectivity index (χ3v) is 2.37. The van der Waals surface area contributed by atoms with Crippen molar-refractivity contribution in [2.24, 2.45) is 17.0 Å². The lowest BCUT2D eigenvalue weighted by Crippen LogP contribution is -2.15. The van der Waals surface area contributed by atoms with Gasteiger partial charge in [-0.05, 0) is 32.1 Å². The molecule has 74 valence electrons. The summed E-state index contributed by atoms with van der Waals surface area (Å²) in [6, 6.07) is 0. The Kier molecular flexibility index (Phi) is 3.73. The summed E-state index contributed by atoms with van der Waals surface area (Å²) >= 11 is 0. The van der Waals surface area contributed by atoms with Crippen LogP contribution in [0, 0.1) is 11.8 Å². The molecule has 4 heteroatoms. The first kappa shape index (κ1) is 10.0. The predicted octanol–water partition coefficient (Wildman–Crippen LogP) is 1.43. The number of esters is 1. The monoisotopic (exact) mass is 185 g/mol. The van der Waals surface area contributed by atoms with E-state index < -0.39 is 0 Å². The molecule has 1 N–H and O–H groups in total. The molecule has 0 unspecified atom stereocenters. The van der Waals surface area contributed by atoms with Gasteiger partial charge >= 0.3 is 5.97 Å². The first-order valence-electron chi connectivity index (χ1n) is 4.62. The van der Waals surface area contributed by atoms with E-state index in [0.29, 0.717) is 6.61 Å². The summed E-state index contributed by atoms with van der Waals surface area (Å²) in [6.07, 6.45) is 4.01. The van der Waals surface area contributed by atoms with E-state index in [1.807, 2.05) is 0 Å². The van der Waals surface area contributed by atoms with Crippen molar-refractivity contribution in [1.82, 2.24) is 0 Å². The number of carbonyl (C=O) groups excluding carboxylic acids is 1. The van der Waals surface area contributed by atoms with Crippen molar-refractivity contribution in [3.8, 4) is 0 Å². The lowest BCUT2D eigenvalue weighted by molar-refractivity contribution is -0.147. The van der Waals surface area contributed by atoms with Crippen molar-refractivity contribution >= 4 is 12.2 Å². The molecule has 1 aliphatic rings. The summed E-state index contributed by atoms with van der Waals surface area (Å²) in [6.45, 7) is 2.24. The summed E-state index contributed by atoms with van der Waals surface area (Å²) in [7, 11) is 0. The number of nitrogens with zero attached hydrogens (tertiary/aromatic N) is 1. The molecule has 4 nitrogen and oxygen atoms in total. The highest BCUT2D eigenvalue weighted by atomic mass is 16.5. The molecule has 1 saturated carbocycles. The average molecular weight is 185 g/mol. The van der Waals surface area contributed by atoms with E-state index in [1.165, 1.54) is 6.21 Å². The van der Waals surface area contributed by atoms with E-state index in [2.05, 4.69) is 5.16 Å². The number of oxime groups is 1. The topological polar surface area (TPSA) is 58.9 Å². The van der Waals surface area contributed by atoms with Crippen LogP contribution < -0.4 is 0 Å². The molecule has 1 rings (SSSR count). The molecule has 0 aliphatic heterocycles. The lowest BCUT2D eigenvalue weighted by Gasteiger charge is -2.07. The Balaban J connectivity index is 2.36. The maximum absolute atomic E-state index is 11.3. The number of rotatable bonds is 3. The molecule has 0 saturated heterocycles. The lowest BCUT2D eigenvalue weighted by atomic mass is 10.1. The van der Waals surface area contributed by atoms with Crippen LogP contribution in [0.1, 0.15) is 26.2 Å². The molecule has 0 aromatic rings. The van der Waals surface area contributed by atoms with Gasteiger partial charge in [0.15, 0.2) is 0 Å². The summed E-state index contributed by atoms with van der Waals surface area (Å²) in [5.74, 6) is 0.124. The highest BCUT2D eigenvalue weighted by Gasteiger charge is 2.29. The first-order valence-corrected chi connectivity index (χ1v) is 4.62. The highest BCUT2D eigenvalue weighted by Crippen LogP contribution is 2.30. The highest BCUT2D eigenvalue weighted by molar-refractivity contribution is 5.74. The SMILES string of the molecule is CCOC(=O)[C@@H]1CC[C@@H](/C=N\O)C1. The summed E-state index contributed by atoms with van der Waals surface area (Å²) in [5, 5.41) is 11.3. The number of hydrogen-bond donors (Lipinski definition) is 1. The van der Waals surface area contributed by atoms with Gasteiger partial charge < -0.3 is 9.94 Å². The minimum Gasteiger partial charge on any atom is -0.466 e.